The van der Waals surface area contributed by atoms with Gasteiger partial charge in [-0.3, -0.25) is 9.59 Å². The van der Waals surface area contributed by atoms with Gasteiger partial charge in [0.1, 0.15) is 12.3 Å². The number of alkyl halides is 3. The summed E-state index contributed by atoms with van der Waals surface area (Å²) >= 11 is 0. The molecule has 0 bridgehead atoms. The molecule has 0 fully saturated rings. The van der Waals surface area contributed by atoms with Crippen LogP contribution >= 0.6 is 0 Å². The summed E-state index contributed by atoms with van der Waals surface area (Å²) in [6.07, 6.45) is -6.64. The molecule has 0 radical (unpaired) electrons. The topological polar surface area (TPSA) is 77.8 Å². The van der Waals surface area contributed by atoms with Gasteiger partial charge in [-0.1, -0.05) is 0 Å². The maximum absolute atomic E-state index is 12.1. The number of aliphatic carboxylic acids is 1. The molecule has 0 aliphatic carbocycles. The Morgan fingerprint density at radius 3 is 2.15 bits per heavy atom. The fourth-order valence-electron chi connectivity index (χ4n) is 1.47. The van der Waals surface area contributed by atoms with E-state index in [2.05, 4.69) is 0 Å². The molecule has 0 spiro atoms. The lowest BCUT2D eigenvalue weighted by Crippen LogP contribution is -2.36. The van der Waals surface area contributed by atoms with E-state index in [-0.39, 0.29) is 11.4 Å². The second kappa shape index (κ2) is 6.27. The zero-order chi connectivity index (χ0) is 15.3. The van der Waals surface area contributed by atoms with Crippen LogP contribution in [-0.2, 0) is 9.59 Å². The third-order valence-electron chi connectivity index (χ3n) is 2.38. The van der Waals surface area contributed by atoms with Gasteiger partial charge in [0.05, 0.1) is 6.42 Å². The molecule has 1 aromatic carbocycles. The Morgan fingerprint density at radius 2 is 1.70 bits per heavy atom. The highest BCUT2D eigenvalue weighted by molar-refractivity contribution is 5.97. The van der Waals surface area contributed by atoms with Gasteiger partial charge in [-0.2, -0.15) is 13.2 Å². The number of rotatable bonds is 5. The lowest BCUT2D eigenvalue weighted by molar-refractivity contribution is -0.143. The van der Waals surface area contributed by atoms with E-state index in [0.717, 1.165) is 4.90 Å². The Morgan fingerprint density at radius 1 is 1.15 bits per heavy atom. The van der Waals surface area contributed by atoms with Gasteiger partial charge >= 0.3 is 12.1 Å². The lowest BCUT2D eigenvalue weighted by Gasteiger charge is -2.21. The molecule has 110 valence electrons. The number of nitrogens with zero attached hydrogens (tertiary/aromatic N) is 1. The highest BCUT2D eigenvalue weighted by Crippen LogP contribution is 2.24. The van der Waals surface area contributed by atoms with Crippen LogP contribution in [0, 0.1) is 0 Å². The van der Waals surface area contributed by atoms with Gasteiger partial charge in [-0.25, -0.2) is 0 Å². The smallest absolute Gasteiger partial charge is 0.389 e. The van der Waals surface area contributed by atoms with E-state index in [1.54, 1.807) is 0 Å². The van der Waals surface area contributed by atoms with Crippen LogP contribution in [-0.4, -0.2) is 34.8 Å². The fraction of sp³-hybridized carbons (Fsp3) is 0.333. The van der Waals surface area contributed by atoms with Crippen LogP contribution < -0.4 is 4.90 Å². The van der Waals surface area contributed by atoms with Gasteiger partial charge in [0.2, 0.25) is 5.91 Å². The van der Waals surface area contributed by atoms with Crippen molar-refractivity contribution < 1.29 is 33.0 Å². The molecule has 0 atom stereocenters. The first-order chi connectivity index (χ1) is 9.19. The van der Waals surface area contributed by atoms with Crippen molar-refractivity contribution in [1.29, 1.82) is 0 Å². The van der Waals surface area contributed by atoms with Crippen LogP contribution in [0.4, 0.5) is 18.9 Å². The summed E-state index contributed by atoms with van der Waals surface area (Å²) in [6.45, 7) is -0.749. The number of hydrogen-bond acceptors (Lipinski definition) is 3. The quantitative estimate of drug-likeness (QED) is 0.871. The molecule has 0 unspecified atom stereocenters. The second-order valence-electron chi connectivity index (χ2n) is 4.01. The summed E-state index contributed by atoms with van der Waals surface area (Å²) in [5.41, 5.74) is 0.109. The highest BCUT2D eigenvalue weighted by Gasteiger charge is 2.30. The molecule has 20 heavy (non-hydrogen) atoms. The van der Waals surface area contributed by atoms with Crippen molar-refractivity contribution in [2.45, 2.75) is 19.0 Å². The van der Waals surface area contributed by atoms with E-state index in [9.17, 15) is 22.8 Å². The molecule has 1 rings (SSSR count). The molecule has 0 aromatic heterocycles. The molecular weight excluding hydrogens is 279 g/mol. The molecule has 0 aliphatic rings. The van der Waals surface area contributed by atoms with Gasteiger partial charge in [0, 0.05) is 12.1 Å². The number of carbonyl (C=O) groups excluding carboxylic acids is 1. The van der Waals surface area contributed by atoms with Crippen LogP contribution in [0.1, 0.15) is 12.8 Å². The number of benzene rings is 1. The molecular formula is C12H12F3NO4. The van der Waals surface area contributed by atoms with Crippen molar-refractivity contribution in [2.75, 3.05) is 11.4 Å². The van der Waals surface area contributed by atoms with Crippen molar-refractivity contribution in [2.24, 2.45) is 0 Å². The number of carboxylic acids is 1. The Bertz CT molecular complexity index is 484. The number of anilines is 1. The normalized spacial score (nSPS) is 11.2. The fourth-order valence-corrected chi connectivity index (χ4v) is 1.47. The summed E-state index contributed by atoms with van der Waals surface area (Å²) in [5, 5.41) is 17.8. The third kappa shape index (κ3) is 5.17. The largest absolute Gasteiger partial charge is 0.508 e. The van der Waals surface area contributed by atoms with Gasteiger partial charge in [-0.15, -0.1) is 0 Å². The van der Waals surface area contributed by atoms with E-state index in [1.807, 2.05) is 0 Å². The van der Waals surface area contributed by atoms with E-state index in [0.29, 0.717) is 0 Å². The second-order valence-corrected chi connectivity index (χ2v) is 4.01. The Hall–Kier alpha value is -2.25. The number of phenols is 1. The average Bonchev–Trinajstić information content (AvgIpc) is 2.33. The number of amides is 1. The number of carbonyl (C=O) groups is 2. The van der Waals surface area contributed by atoms with Gasteiger partial charge in [-0.05, 0) is 24.3 Å². The number of carboxylic acid groups (broad SMARTS) is 1. The molecule has 0 aliphatic heterocycles. The molecule has 1 aromatic rings. The number of aromatic hydroxyl groups is 1. The first-order valence-electron chi connectivity index (χ1n) is 5.57. The van der Waals surface area contributed by atoms with Crippen LogP contribution in [0.25, 0.3) is 0 Å². The highest BCUT2D eigenvalue weighted by atomic mass is 19.4. The van der Waals surface area contributed by atoms with Gasteiger partial charge in [0.25, 0.3) is 0 Å². The summed E-state index contributed by atoms with van der Waals surface area (Å²) < 4.78 is 36.2. The molecule has 8 heteroatoms. The molecule has 5 nitrogen and oxygen atoms in total. The van der Waals surface area contributed by atoms with Crippen molar-refractivity contribution in [3.63, 3.8) is 0 Å². The maximum atomic E-state index is 12.1. The standard InChI is InChI=1S/C12H12F3NO4/c13-12(14,15)6-5-10(18)16(7-11(19)20)8-1-3-9(17)4-2-8/h1-4,17H,5-7H2,(H,19,20). The SMILES string of the molecule is O=C(O)CN(C(=O)CCC(F)(F)F)c1ccc(O)cc1. The minimum Gasteiger partial charge on any atom is -0.508 e. The Kier molecular flexibility index (Phi) is 4.95. The summed E-state index contributed by atoms with van der Waals surface area (Å²) in [7, 11) is 0. The first-order valence-corrected chi connectivity index (χ1v) is 5.57. The summed E-state index contributed by atoms with van der Waals surface area (Å²) in [4.78, 5) is 23.1. The Labute approximate surface area is 112 Å². The summed E-state index contributed by atoms with van der Waals surface area (Å²) in [6, 6.07) is 4.93. The predicted molar refractivity (Wildman–Crippen MR) is 63.4 cm³/mol. The van der Waals surface area contributed by atoms with E-state index >= 15 is 0 Å². The molecule has 1 amide bonds. The minimum absolute atomic E-state index is 0.105. The first kappa shape index (κ1) is 15.8. The van der Waals surface area contributed by atoms with E-state index in [1.165, 1.54) is 24.3 Å². The predicted octanol–water partition coefficient (Wildman–Crippen LogP) is 2.15. The molecule has 0 heterocycles. The number of phenolic OH excluding ortho intramolecular Hbond substituents is 1. The van der Waals surface area contributed by atoms with Gasteiger partial charge < -0.3 is 15.1 Å². The van der Waals surface area contributed by atoms with Crippen LogP contribution in [0.15, 0.2) is 24.3 Å². The summed E-state index contributed by atoms with van der Waals surface area (Å²) in [5.74, 6) is -2.40. The third-order valence-corrected chi connectivity index (χ3v) is 2.38. The average molecular weight is 291 g/mol. The van der Waals surface area contributed by atoms with Crippen molar-refractivity contribution >= 4 is 17.6 Å². The number of halogens is 3. The van der Waals surface area contributed by atoms with Crippen LogP contribution in [0.3, 0.4) is 0 Å². The maximum Gasteiger partial charge on any atom is 0.389 e. The number of hydrogen-bond donors (Lipinski definition) is 2. The Balaban J connectivity index is 2.86. The van der Waals surface area contributed by atoms with Crippen LogP contribution in [0.5, 0.6) is 5.75 Å². The van der Waals surface area contributed by atoms with E-state index < -0.39 is 37.4 Å². The minimum atomic E-state index is -4.49. The lowest BCUT2D eigenvalue weighted by atomic mass is 10.2. The molecule has 0 saturated carbocycles. The van der Waals surface area contributed by atoms with Crippen molar-refractivity contribution in [3.8, 4) is 5.75 Å². The van der Waals surface area contributed by atoms with Crippen molar-refractivity contribution in [3.05, 3.63) is 24.3 Å². The zero-order valence-electron chi connectivity index (χ0n) is 10.2. The van der Waals surface area contributed by atoms with E-state index in [4.69, 9.17) is 10.2 Å². The molecule has 2 N–H and O–H groups in total. The van der Waals surface area contributed by atoms with Gasteiger partial charge in [0.15, 0.2) is 0 Å². The monoisotopic (exact) mass is 291 g/mol. The molecule has 0 saturated heterocycles. The zero-order valence-corrected chi connectivity index (χ0v) is 10.2. The van der Waals surface area contributed by atoms with Crippen LogP contribution in [0.2, 0.25) is 0 Å². The van der Waals surface area contributed by atoms with Crippen molar-refractivity contribution in [1.82, 2.24) is 0 Å².